The van der Waals surface area contributed by atoms with E-state index in [9.17, 15) is 4.79 Å². The summed E-state index contributed by atoms with van der Waals surface area (Å²) in [6.45, 7) is 0.347. The van der Waals surface area contributed by atoms with Gasteiger partial charge in [-0.05, 0) is 18.2 Å². The molecule has 17 heavy (non-hydrogen) atoms. The van der Waals surface area contributed by atoms with Gasteiger partial charge in [0.15, 0.2) is 0 Å². The van der Waals surface area contributed by atoms with Crippen LogP contribution in [0.2, 0.25) is 0 Å². The molecule has 1 heterocycles. The quantitative estimate of drug-likeness (QED) is 0.784. The Morgan fingerprint density at radius 2 is 2.41 bits per heavy atom. The van der Waals surface area contributed by atoms with Gasteiger partial charge in [0, 0.05) is 7.11 Å². The summed E-state index contributed by atoms with van der Waals surface area (Å²) >= 11 is 0. The molecule has 1 aromatic rings. The predicted octanol–water partition coefficient (Wildman–Crippen LogP) is 1.30. The van der Waals surface area contributed by atoms with E-state index in [0.717, 1.165) is 0 Å². The van der Waals surface area contributed by atoms with E-state index >= 15 is 0 Å². The topological polar surface area (TPSA) is 65.7 Å². The van der Waals surface area contributed by atoms with Crippen LogP contribution in [0.1, 0.15) is 12.0 Å². The summed E-state index contributed by atoms with van der Waals surface area (Å²) < 4.78 is 4.94. The summed E-state index contributed by atoms with van der Waals surface area (Å²) in [7, 11) is 1.56. The van der Waals surface area contributed by atoms with Crippen molar-refractivity contribution in [1.29, 1.82) is 5.26 Å². The van der Waals surface area contributed by atoms with Gasteiger partial charge in [-0.1, -0.05) is 6.07 Å². The number of carbonyl (C=O) groups is 1. The van der Waals surface area contributed by atoms with Crippen LogP contribution in [-0.2, 0) is 9.53 Å². The van der Waals surface area contributed by atoms with E-state index in [4.69, 9.17) is 10.00 Å². The van der Waals surface area contributed by atoms with Gasteiger partial charge in [0.05, 0.1) is 36.1 Å². The van der Waals surface area contributed by atoms with Gasteiger partial charge >= 0.3 is 0 Å². The molecule has 1 aliphatic rings. The number of ether oxygens (including phenoxy) is 1. The van der Waals surface area contributed by atoms with Gasteiger partial charge in [-0.2, -0.15) is 10.4 Å². The Morgan fingerprint density at radius 1 is 1.59 bits per heavy atom. The van der Waals surface area contributed by atoms with E-state index in [2.05, 4.69) is 5.10 Å². The molecule has 0 saturated carbocycles. The number of carbonyl (C=O) groups excluding carboxylic acids is 1. The number of methoxy groups -OCH3 is 1. The first-order valence-electron chi connectivity index (χ1n) is 5.13. The summed E-state index contributed by atoms with van der Waals surface area (Å²) in [5, 5.41) is 14.3. The lowest BCUT2D eigenvalue weighted by atomic mass is 10.2. The van der Waals surface area contributed by atoms with Crippen molar-refractivity contribution in [2.45, 2.75) is 6.42 Å². The van der Waals surface area contributed by atoms with Gasteiger partial charge in [-0.25, -0.2) is 5.01 Å². The lowest BCUT2D eigenvalue weighted by Crippen LogP contribution is -2.19. The largest absolute Gasteiger partial charge is 0.379 e. The molecule has 5 heteroatoms. The third kappa shape index (κ3) is 2.32. The van der Waals surface area contributed by atoms with Crippen LogP contribution in [0.5, 0.6) is 0 Å². The maximum absolute atomic E-state index is 11.7. The lowest BCUT2D eigenvalue weighted by molar-refractivity contribution is -0.116. The van der Waals surface area contributed by atoms with E-state index in [1.807, 2.05) is 6.07 Å². The number of nitrogens with zero attached hydrogens (tertiary/aromatic N) is 3. The normalized spacial score (nSPS) is 14.7. The lowest BCUT2D eigenvalue weighted by Gasteiger charge is -2.11. The highest BCUT2D eigenvalue weighted by molar-refractivity contribution is 6.13. The Bertz CT molecular complexity index is 517. The van der Waals surface area contributed by atoms with Crippen LogP contribution in [0.25, 0.3) is 0 Å². The molecule has 0 atom stereocenters. The highest BCUT2D eigenvalue weighted by Gasteiger charge is 2.24. The van der Waals surface area contributed by atoms with Crippen LogP contribution < -0.4 is 5.01 Å². The number of hydrazone groups is 1. The van der Waals surface area contributed by atoms with Crippen LogP contribution in [0.3, 0.4) is 0 Å². The molecule has 86 valence electrons. The van der Waals surface area contributed by atoms with Gasteiger partial charge in [0.1, 0.15) is 0 Å². The standard InChI is InChI=1S/C12H11N3O2/c1-17-8-10-6-12(16)15(14-10)11-4-2-3-9(5-11)7-13/h2-5H,6,8H2,1H3. The average Bonchev–Trinajstić information content (AvgIpc) is 2.71. The second-order valence-corrected chi connectivity index (χ2v) is 3.64. The molecule has 0 saturated heterocycles. The minimum absolute atomic E-state index is 0.105. The fourth-order valence-corrected chi connectivity index (χ4v) is 1.64. The molecule has 0 aliphatic carbocycles. The third-order valence-corrected chi connectivity index (χ3v) is 2.36. The van der Waals surface area contributed by atoms with E-state index < -0.39 is 0 Å². The molecule has 5 nitrogen and oxygen atoms in total. The molecular formula is C12H11N3O2. The highest BCUT2D eigenvalue weighted by atomic mass is 16.5. The summed E-state index contributed by atoms with van der Waals surface area (Å²) in [6.07, 6.45) is 0.268. The van der Waals surface area contributed by atoms with Gasteiger partial charge in [0.2, 0.25) is 0 Å². The van der Waals surface area contributed by atoms with Crippen molar-refractivity contribution in [3.8, 4) is 6.07 Å². The van der Waals surface area contributed by atoms with Crippen LogP contribution >= 0.6 is 0 Å². The first-order valence-corrected chi connectivity index (χ1v) is 5.13. The average molecular weight is 229 g/mol. The monoisotopic (exact) mass is 229 g/mol. The Balaban J connectivity index is 2.28. The zero-order valence-corrected chi connectivity index (χ0v) is 9.38. The SMILES string of the molecule is COCC1=NN(c2cccc(C#N)c2)C(=O)C1. The number of rotatable bonds is 3. The van der Waals surface area contributed by atoms with E-state index in [-0.39, 0.29) is 12.3 Å². The smallest absolute Gasteiger partial charge is 0.253 e. The van der Waals surface area contributed by atoms with Gasteiger partial charge < -0.3 is 4.74 Å². The number of nitriles is 1. The second-order valence-electron chi connectivity index (χ2n) is 3.64. The number of benzene rings is 1. The molecular weight excluding hydrogens is 218 g/mol. The van der Waals surface area contributed by atoms with Crippen molar-refractivity contribution in [1.82, 2.24) is 0 Å². The minimum atomic E-state index is -0.105. The summed E-state index contributed by atoms with van der Waals surface area (Å²) in [6, 6.07) is 8.83. The second kappa shape index (κ2) is 4.76. The molecule has 0 N–H and O–H groups in total. The summed E-state index contributed by atoms with van der Waals surface area (Å²) in [5.41, 5.74) is 1.81. The number of amides is 1. The van der Waals surface area contributed by atoms with E-state index in [1.54, 1.807) is 31.4 Å². The molecule has 0 radical (unpaired) electrons. The molecule has 0 spiro atoms. The van der Waals surface area contributed by atoms with Gasteiger partial charge in [-0.15, -0.1) is 0 Å². The molecule has 1 amide bonds. The van der Waals surface area contributed by atoms with E-state index in [1.165, 1.54) is 5.01 Å². The third-order valence-electron chi connectivity index (χ3n) is 2.36. The van der Waals surface area contributed by atoms with Crippen molar-refractivity contribution >= 4 is 17.3 Å². The first kappa shape index (κ1) is 11.3. The first-order chi connectivity index (χ1) is 8.24. The number of hydrogen-bond acceptors (Lipinski definition) is 4. The van der Waals surface area contributed by atoms with Gasteiger partial charge in [0.25, 0.3) is 5.91 Å². The van der Waals surface area contributed by atoms with Crippen molar-refractivity contribution in [2.24, 2.45) is 5.10 Å². The van der Waals surface area contributed by atoms with Crippen molar-refractivity contribution in [3.05, 3.63) is 29.8 Å². The zero-order valence-electron chi connectivity index (χ0n) is 9.38. The molecule has 2 rings (SSSR count). The Labute approximate surface area is 98.9 Å². The molecule has 1 aliphatic heterocycles. The van der Waals surface area contributed by atoms with Crippen LogP contribution in [0.15, 0.2) is 29.4 Å². The molecule has 0 aromatic heterocycles. The minimum Gasteiger partial charge on any atom is -0.379 e. The van der Waals surface area contributed by atoms with Crippen LogP contribution in [0.4, 0.5) is 5.69 Å². The summed E-state index contributed by atoms with van der Waals surface area (Å²) in [5.74, 6) is -0.105. The zero-order chi connectivity index (χ0) is 12.3. The molecule has 0 fully saturated rings. The molecule has 0 unspecified atom stereocenters. The van der Waals surface area contributed by atoms with Crippen molar-refractivity contribution < 1.29 is 9.53 Å². The maximum Gasteiger partial charge on any atom is 0.253 e. The predicted molar refractivity (Wildman–Crippen MR) is 62.6 cm³/mol. The molecule has 0 bridgehead atoms. The Morgan fingerprint density at radius 3 is 3.12 bits per heavy atom. The number of anilines is 1. The van der Waals surface area contributed by atoms with E-state index in [0.29, 0.717) is 23.6 Å². The highest BCUT2D eigenvalue weighted by Crippen LogP contribution is 2.21. The fourth-order valence-electron chi connectivity index (χ4n) is 1.64. The van der Waals surface area contributed by atoms with Crippen LogP contribution in [0, 0.1) is 11.3 Å². The fraction of sp³-hybridized carbons (Fsp3) is 0.250. The summed E-state index contributed by atoms with van der Waals surface area (Å²) in [4.78, 5) is 11.7. The Kier molecular flexibility index (Phi) is 3.17. The Hall–Kier alpha value is -2.19. The maximum atomic E-state index is 11.7. The molecule has 1 aromatic carbocycles. The van der Waals surface area contributed by atoms with Crippen LogP contribution in [-0.4, -0.2) is 25.3 Å². The van der Waals surface area contributed by atoms with Crippen molar-refractivity contribution in [3.63, 3.8) is 0 Å². The van der Waals surface area contributed by atoms with Crippen molar-refractivity contribution in [2.75, 3.05) is 18.7 Å². The van der Waals surface area contributed by atoms with Gasteiger partial charge in [-0.3, -0.25) is 4.79 Å². The number of hydrogen-bond donors (Lipinski definition) is 0.